The average Bonchev–Trinajstić information content (AvgIpc) is 2.68. The standard InChI is InChI=1S/C23H31N/c1-2-17-14-22-15-21(12-13-23(22)24-16-17)20-10-8-19(9-11-20)18-6-4-3-5-7-18/h8-10,12-13,15,17-18,20,24H,2-7,11,14,16H2,1H3. The van der Waals surface area contributed by atoms with Crippen molar-refractivity contribution in [3.8, 4) is 0 Å². The lowest BCUT2D eigenvalue weighted by atomic mass is 9.79. The quantitative estimate of drug-likeness (QED) is 0.695. The Balaban J connectivity index is 1.46. The SMILES string of the molecule is CCC1CNc2ccc(C3C=CC(C4CCCCC4)=CC3)cc2C1. The highest BCUT2D eigenvalue weighted by Crippen LogP contribution is 2.37. The minimum Gasteiger partial charge on any atom is -0.385 e. The molecular formula is C23H31N. The van der Waals surface area contributed by atoms with Crippen molar-refractivity contribution in [2.24, 2.45) is 11.8 Å². The van der Waals surface area contributed by atoms with Crippen LogP contribution in [0.4, 0.5) is 5.69 Å². The smallest absolute Gasteiger partial charge is 0.0373 e. The van der Waals surface area contributed by atoms with Crippen LogP contribution in [0.2, 0.25) is 0 Å². The lowest BCUT2D eigenvalue weighted by molar-refractivity contribution is 0.406. The molecule has 1 nitrogen and oxygen atoms in total. The Morgan fingerprint density at radius 1 is 1.12 bits per heavy atom. The average molecular weight is 322 g/mol. The van der Waals surface area contributed by atoms with Gasteiger partial charge < -0.3 is 5.32 Å². The predicted molar refractivity (Wildman–Crippen MR) is 104 cm³/mol. The minimum atomic E-state index is 0.574. The summed E-state index contributed by atoms with van der Waals surface area (Å²) in [6.45, 7) is 3.45. The van der Waals surface area contributed by atoms with Gasteiger partial charge in [0, 0.05) is 18.2 Å². The number of hydrogen-bond acceptors (Lipinski definition) is 1. The molecule has 0 amide bonds. The van der Waals surface area contributed by atoms with E-state index in [9.17, 15) is 0 Å². The molecule has 1 fully saturated rings. The molecule has 1 heteroatoms. The topological polar surface area (TPSA) is 12.0 Å². The Bertz CT molecular complexity index is 633. The van der Waals surface area contributed by atoms with Crippen molar-refractivity contribution in [1.29, 1.82) is 0 Å². The first-order chi connectivity index (χ1) is 11.8. The monoisotopic (exact) mass is 321 g/mol. The van der Waals surface area contributed by atoms with Crippen molar-refractivity contribution in [3.63, 3.8) is 0 Å². The van der Waals surface area contributed by atoms with Gasteiger partial charge in [-0.2, -0.15) is 0 Å². The van der Waals surface area contributed by atoms with Crippen molar-refractivity contribution in [2.75, 3.05) is 11.9 Å². The second-order valence-electron chi connectivity index (χ2n) is 8.02. The summed E-state index contributed by atoms with van der Waals surface area (Å²) >= 11 is 0. The van der Waals surface area contributed by atoms with Crippen molar-refractivity contribution < 1.29 is 0 Å². The van der Waals surface area contributed by atoms with Crippen molar-refractivity contribution in [3.05, 3.63) is 53.1 Å². The number of benzene rings is 1. The molecule has 1 aromatic rings. The van der Waals surface area contributed by atoms with Crippen LogP contribution < -0.4 is 5.32 Å². The van der Waals surface area contributed by atoms with Gasteiger partial charge in [0.05, 0.1) is 0 Å². The van der Waals surface area contributed by atoms with Crippen LogP contribution in [0.3, 0.4) is 0 Å². The van der Waals surface area contributed by atoms with Gasteiger partial charge in [-0.05, 0) is 60.3 Å². The molecular weight excluding hydrogens is 290 g/mol. The minimum absolute atomic E-state index is 0.574. The zero-order chi connectivity index (χ0) is 16.4. The molecule has 0 radical (unpaired) electrons. The molecule has 1 heterocycles. The Morgan fingerprint density at radius 2 is 2.00 bits per heavy atom. The second-order valence-corrected chi connectivity index (χ2v) is 8.02. The molecule has 2 unspecified atom stereocenters. The van der Waals surface area contributed by atoms with Gasteiger partial charge in [-0.25, -0.2) is 0 Å². The van der Waals surface area contributed by atoms with E-state index in [1.807, 2.05) is 0 Å². The van der Waals surface area contributed by atoms with Crippen LogP contribution >= 0.6 is 0 Å². The van der Waals surface area contributed by atoms with Gasteiger partial charge in [-0.15, -0.1) is 0 Å². The second kappa shape index (κ2) is 7.17. The maximum Gasteiger partial charge on any atom is 0.0373 e. The fraction of sp³-hybridized carbons (Fsp3) is 0.565. The van der Waals surface area contributed by atoms with Gasteiger partial charge in [0.25, 0.3) is 0 Å². The van der Waals surface area contributed by atoms with Gasteiger partial charge in [-0.1, -0.05) is 63.0 Å². The number of fused-ring (bicyclic) bond motifs is 1. The zero-order valence-electron chi connectivity index (χ0n) is 15.1. The third kappa shape index (κ3) is 3.31. The number of allylic oxidation sites excluding steroid dienone is 4. The molecule has 1 aliphatic heterocycles. The number of anilines is 1. The number of rotatable bonds is 3. The largest absolute Gasteiger partial charge is 0.385 e. The lowest BCUT2D eigenvalue weighted by Gasteiger charge is -2.28. The van der Waals surface area contributed by atoms with Crippen LogP contribution in [0, 0.1) is 11.8 Å². The van der Waals surface area contributed by atoms with E-state index in [-0.39, 0.29) is 0 Å². The Kier molecular flexibility index (Phi) is 4.78. The fourth-order valence-electron chi connectivity index (χ4n) is 4.73. The molecule has 128 valence electrons. The van der Waals surface area contributed by atoms with Crippen molar-refractivity contribution >= 4 is 5.69 Å². The lowest BCUT2D eigenvalue weighted by Crippen LogP contribution is -2.22. The van der Waals surface area contributed by atoms with Gasteiger partial charge in [0.2, 0.25) is 0 Å². The molecule has 24 heavy (non-hydrogen) atoms. The third-order valence-corrected chi connectivity index (χ3v) is 6.43. The normalized spacial score (nSPS) is 27.3. The maximum absolute atomic E-state index is 3.61. The molecule has 3 aliphatic rings. The van der Waals surface area contributed by atoms with Gasteiger partial charge in [-0.3, -0.25) is 0 Å². The third-order valence-electron chi connectivity index (χ3n) is 6.43. The highest BCUT2D eigenvalue weighted by atomic mass is 14.9. The van der Waals surface area contributed by atoms with Gasteiger partial charge in [0.15, 0.2) is 0 Å². The molecule has 1 saturated carbocycles. The highest BCUT2D eigenvalue weighted by molar-refractivity contribution is 5.55. The van der Waals surface area contributed by atoms with Crippen LogP contribution in [0.25, 0.3) is 0 Å². The van der Waals surface area contributed by atoms with E-state index in [0.29, 0.717) is 5.92 Å². The zero-order valence-corrected chi connectivity index (χ0v) is 15.1. The number of nitrogens with one attached hydrogen (secondary N) is 1. The van der Waals surface area contributed by atoms with E-state index < -0.39 is 0 Å². The number of hydrogen-bond donors (Lipinski definition) is 1. The Morgan fingerprint density at radius 3 is 2.75 bits per heavy atom. The van der Waals surface area contributed by atoms with E-state index in [1.165, 1.54) is 68.2 Å². The van der Waals surface area contributed by atoms with E-state index in [2.05, 4.69) is 48.7 Å². The molecule has 4 rings (SSSR count). The van der Waals surface area contributed by atoms with Gasteiger partial charge in [0.1, 0.15) is 0 Å². The Labute approximate surface area is 147 Å². The summed E-state index contributed by atoms with van der Waals surface area (Å²) < 4.78 is 0. The molecule has 2 atom stereocenters. The van der Waals surface area contributed by atoms with E-state index in [0.717, 1.165) is 18.4 Å². The molecule has 1 N–H and O–H groups in total. The van der Waals surface area contributed by atoms with Crippen LogP contribution in [-0.2, 0) is 6.42 Å². The predicted octanol–water partition coefficient (Wildman–Crippen LogP) is 6.23. The van der Waals surface area contributed by atoms with Crippen LogP contribution in [0.15, 0.2) is 42.0 Å². The fourth-order valence-corrected chi connectivity index (χ4v) is 4.73. The summed E-state index contributed by atoms with van der Waals surface area (Å²) in [5.74, 6) is 2.21. The summed E-state index contributed by atoms with van der Waals surface area (Å²) in [5.41, 5.74) is 6.02. The summed E-state index contributed by atoms with van der Waals surface area (Å²) in [5, 5.41) is 3.61. The van der Waals surface area contributed by atoms with E-state index in [4.69, 9.17) is 0 Å². The first-order valence-corrected chi connectivity index (χ1v) is 10.1. The van der Waals surface area contributed by atoms with Crippen LogP contribution in [0.1, 0.15) is 68.9 Å². The first kappa shape index (κ1) is 16.0. The molecule has 0 bridgehead atoms. The Hall–Kier alpha value is -1.50. The molecule has 1 aromatic carbocycles. The maximum atomic E-state index is 3.61. The highest BCUT2D eigenvalue weighted by Gasteiger charge is 2.21. The summed E-state index contributed by atoms with van der Waals surface area (Å²) in [6, 6.07) is 7.12. The molecule has 2 aliphatic carbocycles. The van der Waals surface area contributed by atoms with Crippen molar-refractivity contribution in [2.45, 2.75) is 64.2 Å². The van der Waals surface area contributed by atoms with Crippen LogP contribution in [-0.4, -0.2) is 6.54 Å². The molecule has 0 spiro atoms. The van der Waals surface area contributed by atoms with Gasteiger partial charge >= 0.3 is 0 Å². The molecule has 0 saturated heterocycles. The van der Waals surface area contributed by atoms with Crippen LogP contribution in [0.5, 0.6) is 0 Å². The molecule has 0 aromatic heterocycles. The first-order valence-electron chi connectivity index (χ1n) is 10.1. The van der Waals surface area contributed by atoms with Crippen molar-refractivity contribution in [1.82, 2.24) is 0 Å². The summed E-state index contributed by atoms with van der Waals surface area (Å²) in [4.78, 5) is 0. The summed E-state index contributed by atoms with van der Waals surface area (Å²) in [6.07, 6.45) is 18.3. The summed E-state index contributed by atoms with van der Waals surface area (Å²) in [7, 11) is 0. The van der Waals surface area contributed by atoms with E-state index >= 15 is 0 Å². The van der Waals surface area contributed by atoms with E-state index in [1.54, 1.807) is 5.57 Å².